The molecule has 54 valence electrons. The van der Waals surface area contributed by atoms with Crippen LogP contribution in [-0.2, 0) is 4.57 Å². The molecule has 0 aromatic heterocycles. The molecule has 2 atom stereocenters. The number of alkyl halides is 3. The van der Waals surface area contributed by atoms with E-state index in [4.69, 9.17) is 39.9 Å². The van der Waals surface area contributed by atoms with Crippen molar-refractivity contribution in [2.75, 3.05) is 0 Å². The Balaban J connectivity index is 4.04. The Labute approximate surface area is 67.4 Å². The molecule has 0 bridgehead atoms. The maximum absolute atomic E-state index is 9.88. The summed E-state index contributed by atoms with van der Waals surface area (Å²) in [6.45, 7) is 0. The molecule has 9 heavy (non-hydrogen) atoms. The van der Waals surface area contributed by atoms with Crippen LogP contribution in [-0.4, -0.2) is 14.7 Å². The largest absolute Gasteiger partial charge is 0.593 e. The van der Waals surface area contributed by atoms with E-state index in [-0.39, 0.29) is 0 Å². The molecule has 7 heteroatoms. The lowest BCUT2D eigenvalue weighted by Crippen LogP contribution is -2.24. The van der Waals surface area contributed by atoms with Crippen molar-refractivity contribution < 1.29 is 14.6 Å². The fourth-order valence-corrected chi connectivity index (χ4v) is 1.08. The highest BCUT2D eigenvalue weighted by atomic mass is 35.6. The molecule has 0 heterocycles. The van der Waals surface area contributed by atoms with Crippen LogP contribution in [0.3, 0.4) is 0 Å². The molecule has 0 saturated carbocycles. The molecule has 1 N–H and O–H groups in total. The molecular weight excluding hydrogens is 209 g/mol. The number of rotatable bonds is 1. The first kappa shape index (κ1) is 9.89. The van der Waals surface area contributed by atoms with Crippen molar-refractivity contribution in [2.24, 2.45) is 0 Å². The summed E-state index contributed by atoms with van der Waals surface area (Å²) in [5.74, 6) is -1.93. The second-order valence-electron chi connectivity index (χ2n) is 1.20. The summed E-state index contributed by atoms with van der Waals surface area (Å²) in [5, 5.41) is 8.47. The molecule has 0 saturated heterocycles. The SMILES string of the molecule is O=[P+]([O-])C(O)C(Cl)(Cl)Cl. The van der Waals surface area contributed by atoms with Gasteiger partial charge < -0.3 is 10.00 Å². The van der Waals surface area contributed by atoms with Crippen molar-refractivity contribution in [2.45, 2.75) is 9.64 Å². The summed E-state index contributed by atoms with van der Waals surface area (Å²) in [6.07, 6.45) is 0. The zero-order valence-electron chi connectivity index (χ0n) is 3.92. The minimum atomic E-state index is -3.09. The summed E-state index contributed by atoms with van der Waals surface area (Å²) in [6, 6.07) is 0. The number of halogens is 3. The van der Waals surface area contributed by atoms with Crippen LogP contribution in [0.1, 0.15) is 0 Å². The minimum absolute atomic E-state index is 1.93. The maximum atomic E-state index is 9.88. The van der Waals surface area contributed by atoms with Gasteiger partial charge in [0.25, 0.3) is 9.64 Å². The standard InChI is InChI=1S/C2H2Cl3O3P/c3-2(4,5)1(6)9(7)8/h1,6H. The van der Waals surface area contributed by atoms with Gasteiger partial charge in [0.05, 0.1) is 0 Å². The first-order chi connectivity index (χ1) is 3.85. The van der Waals surface area contributed by atoms with Crippen LogP contribution >= 0.6 is 42.8 Å². The predicted molar refractivity (Wildman–Crippen MR) is 33.9 cm³/mol. The monoisotopic (exact) mass is 210 g/mol. The zero-order chi connectivity index (χ0) is 7.65. The van der Waals surface area contributed by atoms with Gasteiger partial charge in [0.2, 0.25) is 0 Å². The van der Waals surface area contributed by atoms with Crippen molar-refractivity contribution in [1.82, 2.24) is 0 Å². The molecule has 0 aliphatic carbocycles. The van der Waals surface area contributed by atoms with Gasteiger partial charge in [-0.05, 0) is 0 Å². The first-order valence-electron chi connectivity index (χ1n) is 1.74. The van der Waals surface area contributed by atoms with Gasteiger partial charge in [-0.25, -0.2) is 0 Å². The van der Waals surface area contributed by atoms with Crippen molar-refractivity contribution in [3.63, 3.8) is 0 Å². The Bertz CT molecular complexity index is 121. The Hall–Kier alpha value is 0.890. The van der Waals surface area contributed by atoms with Crippen molar-refractivity contribution >= 4 is 42.8 Å². The third-order valence-corrected chi connectivity index (χ3v) is 2.36. The van der Waals surface area contributed by atoms with Gasteiger partial charge in [-0.15, -0.1) is 0 Å². The molecule has 0 spiro atoms. The molecule has 2 unspecified atom stereocenters. The van der Waals surface area contributed by atoms with E-state index in [1.165, 1.54) is 0 Å². The smallest absolute Gasteiger partial charge is 0.345 e. The van der Waals surface area contributed by atoms with Crippen LogP contribution in [0.15, 0.2) is 0 Å². The topological polar surface area (TPSA) is 60.4 Å². The van der Waals surface area contributed by atoms with Crippen LogP contribution in [0.25, 0.3) is 0 Å². The maximum Gasteiger partial charge on any atom is 0.345 e. The Morgan fingerprint density at radius 1 is 1.56 bits per heavy atom. The van der Waals surface area contributed by atoms with E-state index >= 15 is 0 Å². The fourth-order valence-electron chi connectivity index (χ4n) is 0.120. The van der Waals surface area contributed by atoms with E-state index in [9.17, 15) is 9.46 Å². The summed E-state index contributed by atoms with van der Waals surface area (Å²) in [5.41, 5.74) is 0. The quantitative estimate of drug-likeness (QED) is 0.515. The molecule has 0 fully saturated rings. The van der Waals surface area contributed by atoms with Crippen molar-refractivity contribution in [3.8, 4) is 0 Å². The average molecular weight is 211 g/mol. The van der Waals surface area contributed by atoms with E-state index in [2.05, 4.69) is 0 Å². The first-order valence-corrected chi connectivity index (χ1v) is 4.12. The molecular formula is C2H2Cl3O3P. The summed E-state index contributed by atoms with van der Waals surface area (Å²) < 4.78 is 7.74. The molecule has 0 aliphatic heterocycles. The average Bonchev–Trinajstić information content (AvgIpc) is 1.62. The highest BCUT2D eigenvalue weighted by Crippen LogP contribution is 2.38. The number of hydrogen-bond acceptors (Lipinski definition) is 3. The highest BCUT2D eigenvalue weighted by Gasteiger charge is 2.40. The van der Waals surface area contributed by atoms with Gasteiger partial charge in [-0.3, -0.25) is 0 Å². The second kappa shape index (κ2) is 3.33. The highest BCUT2D eigenvalue weighted by molar-refractivity contribution is 7.37. The minimum Gasteiger partial charge on any atom is -0.593 e. The van der Waals surface area contributed by atoms with E-state index in [0.29, 0.717) is 0 Å². The molecule has 3 nitrogen and oxygen atoms in total. The molecule has 0 amide bonds. The summed E-state index contributed by atoms with van der Waals surface area (Å²) >= 11 is 14.9. The van der Waals surface area contributed by atoms with E-state index in [0.717, 1.165) is 0 Å². The fraction of sp³-hybridized carbons (Fsp3) is 1.00. The molecule has 0 aliphatic rings. The number of aliphatic hydroxyl groups is 1. The zero-order valence-corrected chi connectivity index (χ0v) is 7.08. The lowest BCUT2D eigenvalue weighted by Gasteiger charge is -2.09. The lowest BCUT2D eigenvalue weighted by molar-refractivity contribution is -0.171. The van der Waals surface area contributed by atoms with Gasteiger partial charge in [-0.2, -0.15) is 0 Å². The molecule has 0 radical (unpaired) electrons. The summed E-state index contributed by atoms with van der Waals surface area (Å²) in [4.78, 5) is 9.88. The predicted octanol–water partition coefficient (Wildman–Crippen LogP) is 0.778. The van der Waals surface area contributed by atoms with Gasteiger partial charge >= 0.3 is 8.03 Å². The van der Waals surface area contributed by atoms with Gasteiger partial charge in [0.15, 0.2) is 0 Å². The summed E-state index contributed by atoms with van der Waals surface area (Å²) in [7, 11) is -3.09. The Kier molecular flexibility index (Phi) is 3.66. The number of hydrogen-bond donors (Lipinski definition) is 1. The molecule has 0 rings (SSSR count). The molecule has 0 aromatic carbocycles. The van der Waals surface area contributed by atoms with Crippen LogP contribution < -0.4 is 4.89 Å². The van der Waals surface area contributed by atoms with Crippen molar-refractivity contribution in [1.29, 1.82) is 0 Å². The normalized spacial score (nSPS) is 17.2. The van der Waals surface area contributed by atoms with Crippen LogP contribution in [0.5, 0.6) is 0 Å². The van der Waals surface area contributed by atoms with E-state index < -0.39 is 17.7 Å². The Morgan fingerprint density at radius 3 is 1.89 bits per heavy atom. The molecule has 0 aromatic rings. The second-order valence-corrected chi connectivity index (χ2v) is 4.63. The third-order valence-electron chi connectivity index (χ3n) is 0.492. The lowest BCUT2D eigenvalue weighted by atomic mass is 10.8. The van der Waals surface area contributed by atoms with Crippen LogP contribution in [0, 0.1) is 0 Å². The van der Waals surface area contributed by atoms with E-state index in [1.807, 2.05) is 0 Å². The third kappa shape index (κ3) is 3.56. The van der Waals surface area contributed by atoms with Crippen molar-refractivity contribution in [3.05, 3.63) is 0 Å². The number of aliphatic hydroxyl groups excluding tert-OH is 1. The van der Waals surface area contributed by atoms with Gasteiger partial charge in [0, 0.05) is 0 Å². The van der Waals surface area contributed by atoms with Crippen LogP contribution in [0.4, 0.5) is 0 Å². The van der Waals surface area contributed by atoms with Gasteiger partial charge in [-0.1, -0.05) is 39.4 Å². The van der Waals surface area contributed by atoms with Gasteiger partial charge in [0.1, 0.15) is 0 Å². The van der Waals surface area contributed by atoms with Crippen LogP contribution in [0.2, 0.25) is 0 Å². The van der Waals surface area contributed by atoms with E-state index in [1.54, 1.807) is 0 Å². The Morgan fingerprint density at radius 2 is 1.89 bits per heavy atom.